The van der Waals surface area contributed by atoms with Gasteiger partial charge in [0, 0.05) is 12.5 Å². The molecule has 15 heavy (non-hydrogen) atoms. The lowest BCUT2D eigenvalue weighted by Crippen LogP contribution is -2.36. The van der Waals surface area contributed by atoms with E-state index in [0.29, 0.717) is 5.92 Å². The van der Waals surface area contributed by atoms with Gasteiger partial charge in [0.15, 0.2) is 0 Å². The molecule has 0 aromatic carbocycles. The number of hydrogen-bond acceptors (Lipinski definition) is 4. The minimum absolute atomic E-state index is 0.00637. The lowest BCUT2D eigenvalue weighted by atomic mass is 9.92. The van der Waals surface area contributed by atoms with Crippen molar-refractivity contribution in [2.45, 2.75) is 25.5 Å². The van der Waals surface area contributed by atoms with E-state index < -0.39 is 0 Å². The van der Waals surface area contributed by atoms with Crippen LogP contribution in [-0.4, -0.2) is 12.7 Å². The molecule has 2 heterocycles. The zero-order valence-electron chi connectivity index (χ0n) is 8.57. The molecule has 1 saturated heterocycles. The van der Waals surface area contributed by atoms with E-state index in [2.05, 4.69) is 28.3 Å². The molecule has 0 bridgehead atoms. The molecule has 1 aromatic rings. The standard InChI is InChI=1S/C10H15BrN2O2/c1-6-7(2-4-14-6)9(13-12)10-8(11)3-5-15-10/h3,5-7,9,13H,2,4,12H2,1H3. The third-order valence-electron chi connectivity index (χ3n) is 2.97. The van der Waals surface area contributed by atoms with Crippen molar-refractivity contribution in [3.8, 4) is 0 Å². The molecular weight excluding hydrogens is 260 g/mol. The molecule has 3 N–H and O–H groups in total. The van der Waals surface area contributed by atoms with Gasteiger partial charge in [0.2, 0.25) is 0 Å². The number of hydrogen-bond donors (Lipinski definition) is 2. The highest BCUT2D eigenvalue weighted by Crippen LogP contribution is 2.36. The van der Waals surface area contributed by atoms with Gasteiger partial charge in [0.25, 0.3) is 0 Å². The second kappa shape index (κ2) is 4.65. The highest BCUT2D eigenvalue weighted by atomic mass is 79.9. The zero-order valence-corrected chi connectivity index (χ0v) is 10.2. The number of furan rings is 1. The quantitative estimate of drug-likeness (QED) is 0.654. The van der Waals surface area contributed by atoms with Gasteiger partial charge in [-0.2, -0.15) is 0 Å². The van der Waals surface area contributed by atoms with E-state index in [1.807, 2.05) is 6.07 Å². The third kappa shape index (κ3) is 2.10. The van der Waals surface area contributed by atoms with E-state index in [0.717, 1.165) is 23.3 Å². The topological polar surface area (TPSA) is 60.4 Å². The second-order valence-corrected chi connectivity index (χ2v) is 4.66. The monoisotopic (exact) mass is 274 g/mol. The molecule has 0 amide bonds. The van der Waals surface area contributed by atoms with E-state index in [9.17, 15) is 0 Å². The van der Waals surface area contributed by atoms with Crippen molar-refractivity contribution in [2.24, 2.45) is 11.8 Å². The third-order valence-corrected chi connectivity index (χ3v) is 3.62. The first-order valence-electron chi connectivity index (χ1n) is 5.04. The Morgan fingerprint density at radius 2 is 2.47 bits per heavy atom. The first kappa shape index (κ1) is 11.1. The van der Waals surface area contributed by atoms with E-state index in [4.69, 9.17) is 15.0 Å². The largest absolute Gasteiger partial charge is 0.466 e. The van der Waals surface area contributed by atoms with E-state index in [1.54, 1.807) is 6.26 Å². The fourth-order valence-corrected chi connectivity index (χ4v) is 2.56. The molecule has 1 aliphatic heterocycles. The van der Waals surface area contributed by atoms with E-state index >= 15 is 0 Å². The Labute approximate surface area is 97.3 Å². The summed E-state index contributed by atoms with van der Waals surface area (Å²) in [5.41, 5.74) is 2.81. The van der Waals surface area contributed by atoms with Gasteiger partial charge in [0.05, 0.1) is 22.9 Å². The summed E-state index contributed by atoms with van der Waals surface area (Å²) in [6.45, 7) is 2.86. The maximum absolute atomic E-state index is 5.59. The maximum atomic E-state index is 5.59. The summed E-state index contributed by atoms with van der Waals surface area (Å²) in [5.74, 6) is 6.79. The number of halogens is 1. The van der Waals surface area contributed by atoms with Crippen LogP contribution < -0.4 is 11.3 Å². The van der Waals surface area contributed by atoms with Crippen LogP contribution in [-0.2, 0) is 4.74 Å². The van der Waals surface area contributed by atoms with Crippen LogP contribution in [0.1, 0.15) is 25.1 Å². The number of nitrogens with one attached hydrogen (secondary N) is 1. The van der Waals surface area contributed by atoms with E-state index in [-0.39, 0.29) is 12.1 Å². The van der Waals surface area contributed by atoms with Crippen LogP contribution in [0.2, 0.25) is 0 Å². The van der Waals surface area contributed by atoms with Crippen molar-refractivity contribution < 1.29 is 9.15 Å². The molecule has 84 valence electrons. The Bertz CT molecular complexity index is 329. The SMILES string of the molecule is CC1OCCC1C(NN)c1occc1Br. The minimum atomic E-state index is 0.00637. The van der Waals surface area contributed by atoms with Crippen molar-refractivity contribution in [1.82, 2.24) is 5.43 Å². The summed E-state index contributed by atoms with van der Waals surface area (Å²) < 4.78 is 11.9. The van der Waals surface area contributed by atoms with Crippen LogP contribution >= 0.6 is 15.9 Å². The molecule has 5 heteroatoms. The first-order valence-corrected chi connectivity index (χ1v) is 5.84. The Kier molecular flexibility index (Phi) is 3.45. The van der Waals surface area contributed by atoms with Crippen molar-refractivity contribution in [3.63, 3.8) is 0 Å². The van der Waals surface area contributed by atoms with Gasteiger partial charge in [-0.15, -0.1) is 0 Å². The maximum Gasteiger partial charge on any atom is 0.136 e. The lowest BCUT2D eigenvalue weighted by Gasteiger charge is -2.23. The molecule has 2 rings (SSSR count). The van der Waals surface area contributed by atoms with Crippen molar-refractivity contribution >= 4 is 15.9 Å². The summed E-state index contributed by atoms with van der Waals surface area (Å²) in [6, 6.07) is 1.88. The summed E-state index contributed by atoms with van der Waals surface area (Å²) in [4.78, 5) is 0. The van der Waals surface area contributed by atoms with Crippen LogP contribution in [0.25, 0.3) is 0 Å². The molecule has 3 unspecified atom stereocenters. The average molecular weight is 275 g/mol. The Hall–Kier alpha value is -0.360. The molecular formula is C10H15BrN2O2. The van der Waals surface area contributed by atoms with Crippen LogP contribution in [0.15, 0.2) is 21.2 Å². The normalized spacial score (nSPS) is 28.2. The Balaban J connectivity index is 2.20. The van der Waals surface area contributed by atoms with Crippen molar-refractivity contribution in [3.05, 3.63) is 22.6 Å². The molecule has 4 nitrogen and oxygen atoms in total. The van der Waals surface area contributed by atoms with Crippen molar-refractivity contribution in [1.29, 1.82) is 0 Å². The number of hydrazine groups is 1. The van der Waals surface area contributed by atoms with Gasteiger partial charge in [-0.05, 0) is 35.3 Å². The molecule has 1 fully saturated rings. The van der Waals surface area contributed by atoms with Gasteiger partial charge in [-0.1, -0.05) is 0 Å². The predicted molar refractivity (Wildman–Crippen MR) is 60.0 cm³/mol. The fraction of sp³-hybridized carbons (Fsp3) is 0.600. The first-order chi connectivity index (χ1) is 7.24. The zero-order chi connectivity index (χ0) is 10.8. The van der Waals surface area contributed by atoms with Gasteiger partial charge >= 0.3 is 0 Å². The second-order valence-electron chi connectivity index (χ2n) is 3.81. The number of ether oxygens (including phenoxy) is 1. The summed E-state index contributed by atoms with van der Waals surface area (Å²) >= 11 is 3.44. The molecule has 0 radical (unpaired) electrons. The number of rotatable bonds is 3. The molecule has 3 atom stereocenters. The van der Waals surface area contributed by atoms with Gasteiger partial charge in [-0.25, -0.2) is 5.43 Å². The number of nitrogens with two attached hydrogens (primary N) is 1. The van der Waals surface area contributed by atoms with E-state index in [1.165, 1.54) is 0 Å². The predicted octanol–water partition coefficient (Wildman–Crippen LogP) is 1.97. The van der Waals surface area contributed by atoms with Gasteiger partial charge in [-0.3, -0.25) is 5.84 Å². The fourth-order valence-electron chi connectivity index (χ4n) is 2.11. The average Bonchev–Trinajstić information content (AvgIpc) is 2.80. The summed E-state index contributed by atoms with van der Waals surface area (Å²) in [5, 5.41) is 0. The van der Waals surface area contributed by atoms with Gasteiger partial charge < -0.3 is 9.15 Å². The van der Waals surface area contributed by atoms with Crippen molar-refractivity contribution in [2.75, 3.05) is 6.61 Å². The Morgan fingerprint density at radius 3 is 2.93 bits per heavy atom. The summed E-state index contributed by atoms with van der Waals surface area (Å²) in [6.07, 6.45) is 2.87. The lowest BCUT2D eigenvalue weighted by molar-refractivity contribution is 0.0923. The minimum Gasteiger partial charge on any atom is -0.466 e. The van der Waals surface area contributed by atoms with Crippen LogP contribution in [0, 0.1) is 5.92 Å². The highest BCUT2D eigenvalue weighted by Gasteiger charge is 2.34. The summed E-state index contributed by atoms with van der Waals surface area (Å²) in [7, 11) is 0. The molecule has 0 aliphatic carbocycles. The molecule has 0 saturated carbocycles. The van der Waals surface area contributed by atoms with Gasteiger partial charge in [0.1, 0.15) is 5.76 Å². The smallest absolute Gasteiger partial charge is 0.136 e. The molecule has 1 aromatic heterocycles. The van der Waals surface area contributed by atoms with Crippen LogP contribution in [0.3, 0.4) is 0 Å². The van der Waals surface area contributed by atoms with Crippen LogP contribution in [0.5, 0.6) is 0 Å². The highest BCUT2D eigenvalue weighted by molar-refractivity contribution is 9.10. The van der Waals surface area contributed by atoms with Crippen LogP contribution in [0.4, 0.5) is 0 Å². The molecule has 0 spiro atoms. The molecule has 1 aliphatic rings. The Morgan fingerprint density at radius 1 is 1.67 bits per heavy atom.